The maximum Gasteiger partial charge on any atom is 0.229 e. The molecule has 0 radical (unpaired) electrons. The van der Waals surface area contributed by atoms with Gasteiger partial charge in [0, 0.05) is 11.3 Å². The Hall–Kier alpha value is -0.860. The molecule has 0 amide bonds. The van der Waals surface area contributed by atoms with E-state index in [0.717, 1.165) is 11.7 Å². The van der Waals surface area contributed by atoms with Gasteiger partial charge in [-0.3, -0.25) is 0 Å². The van der Waals surface area contributed by atoms with E-state index >= 15 is 0 Å². The molecule has 12 heavy (non-hydrogen) atoms. The van der Waals surface area contributed by atoms with Crippen LogP contribution >= 0.6 is 0 Å². The van der Waals surface area contributed by atoms with Crippen LogP contribution in [0.2, 0.25) is 0 Å². The minimum Gasteiger partial charge on any atom is -0.339 e. The average molecular weight is 168 g/mol. The van der Waals surface area contributed by atoms with Gasteiger partial charge in [-0.25, -0.2) is 0 Å². The van der Waals surface area contributed by atoms with Gasteiger partial charge in [-0.15, -0.1) is 0 Å². The molecule has 0 unspecified atom stereocenters. The van der Waals surface area contributed by atoms with Crippen LogP contribution in [0, 0.1) is 0 Å². The molecule has 0 fully saturated rings. The van der Waals surface area contributed by atoms with Crippen molar-refractivity contribution in [2.75, 3.05) is 0 Å². The highest BCUT2D eigenvalue weighted by molar-refractivity contribution is 5.01. The fourth-order valence-corrected chi connectivity index (χ4v) is 0.774. The third-order valence-electron chi connectivity index (χ3n) is 1.61. The van der Waals surface area contributed by atoms with Gasteiger partial charge in [-0.05, 0) is 0 Å². The molecule has 0 aromatic carbocycles. The number of rotatable bonds is 1. The predicted octanol–water partition coefficient (Wildman–Crippen LogP) is 2.49. The molecule has 3 heteroatoms. The van der Waals surface area contributed by atoms with Gasteiger partial charge in [0.05, 0.1) is 0 Å². The summed E-state index contributed by atoms with van der Waals surface area (Å²) in [4.78, 5) is 4.30. The lowest BCUT2D eigenvalue weighted by Gasteiger charge is -2.10. The second-order valence-electron chi connectivity index (χ2n) is 4.36. The SMILES string of the molecule is CC(C)c1nc(C(C)(C)C)no1. The van der Waals surface area contributed by atoms with Gasteiger partial charge in [0.25, 0.3) is 0 Å². The van der Waals surface area contributed by atoms with Crippen molar-refractivity contribution in [3.63, 3.8) is 0 Å². The predicted molar refractivity (Wildman–Crippen MR) is 47.1 cm³/mol. The zero-order valence-corrected chi connectivity index (χ0v) is 8.38. The Kier molecular flexibility index (Phi) is 2.22. The van der Waals surface area contributed by atoms with Crippen molar-refractivity contribution in [3.8, 4) is 0 Å². The minimum absolute atomic E-state index is 0.0172. The summed E-state index contributed by atoms with van der Waals surface area (Å²) >= 11 is 0. The summed E-state index contributed by atoms with van der Waals surface area (Å²) in [5, 5.41) is 3.92. The lowest BCUT2D eigenvalue weighted by molar-refractivity contribution is 0.352. The van der Waals surface area contributed by atoms with Crippen molar-refractivity contribution in [2.24, 2.45) is 0 Å². The molecule has 0 N–H and O–H groups in total. The molecule has 0 aliphatic rings. The summed E-state index contributed by atoms with van der Waals surface area (Å²) in [7, 11) is 0. The molecular weight excluding hydrogens is 152 g/mol. The molecule has 0 atom stereocenters. The van der Waals surface area contributed by atoms with Crippen LogP contribution in [0.4, 0.5) is 0 Å². The zero-order valence-electron chi connectivity index (χ0n) is 8.38. The van der Waals surface area contributed by atoms with Crippen molar-refractivity contribution >= 4 is 0 Å². The maximum atomic E-state index is 5.09. The van der Waals surface area contributed by atoms with Crippen LogP contribution in [0.5, 0.6) is 0 Å². The van der Waals surface area contributed by atoms with E-state index in [0.29, 0.717) is 5.92 Å². The third kappa shape index (κ3) is 1.84. The highest BCUT2D eigenvalue weighted by Gasteiger charge is 2.21. The second-order valence-corrected chi connectivity index (χ2v) is 4.36. The fourth-order valence-electron chi connectivity index (χ4n) is 0.774. The molecule has 0 aliphatic heterocycles. The molecule has 1 rings (SSSR count). The van der Waals surface area contributed by atoms with E-state index in [1.54, 1.807) is 0 Å². The summed E-state index contributed by atoms with van der Waals surface area (Å²) < 4.78 is 5.09. The standard InChI is InChI=1S/C9H16N2O/c1-6(2)7-10-8(11-12-7)9(3,4)5/h6H,1-5H3. The van der Waals surface area contributed by atoms with Gasteiger partial charge in [0.1, 0.15) is 0 Å². The molecule has 0 saturated carbocycles. The summed E-state index contributed by atoms with van der Waals surface area (Å²) in [6.45, 7) is 10.3. The Morgan fingerprint density at radius 2 is 1.83 bits per heavy atom. The highest BCUT2D eigenvalue weighted by Crippen LogP contribution is 2.20. The zero-order chi connectivity index (χ0) is 9.35. The quantitative estimate of drug-likeness (QED) is 0.646. The highest BCUT2D eigenvalue weighted by atomic mass is 16.5. The van der Waals surface area contributed by atoms with Gasteiger partial charge < -0.3 is 4.52 Å². The van der Waals surface area contributed by atoms with Gasteiger partial charge in [0.2, 0.25) is 5.89 Å². The first-order valence-electron chi connectivity index (χ1n) is 4.25. The molecule has 0 bridgehead atoms. The van der Waals surface area contributed by atoms with Crippen LogP contribution in [0.15, 0.2) is 4.52 Å². The van der Waals surface area contributed by atoms with E-state index in [9.17, 15) is 0 Å². The molecule has 68 valence electrons. The summed E-state index contributed by atoms with van der Waals surface area (Å²) in [5.74, 6) is 1.82. The summed E-state index contributed by atoms with van der Waals surface area (Å²) in [5.41, 5.74) is -0.0172. The lowest BCUT2D eigenvalue weighted by Crippen LogP contribution is -2.13. The second kappa shape index (κ2) is 2.88. The molecule has 1 aromatic heterocycles. The molecule has 3 nitrogen and oxygen atoms in total. The van der Waals surface area contributed by atoms with Crippen molar-refractivity contribution < 1.29 is 4.52 Å². The topological polar surface area (TPSA) is 38.9 Å². The van der Waals surface area contributed by atoms with Gasteiger partial charge in [-0.2, -0.15) is 4.98 Å². The summed E-state index contributed by atoms with van der Waals surface area (Å²) in [6.07, 6.45) is 0. The van der Waals surface area contributed by atoms with Crippen molar-refractivity contribution in [3.05, 3.63) is 11.7 Å². The molecule has 0 saturated heterocycles. The van der Waals surface area contributed by atoms with Crippen molar-refractivity contribution in [1.82, 2.24) is 10.1 Å². The Morgan fingerprint density at radius 3 is 2.08 bits per heavy atom. The lowest BCUT2D eigenvalue weighted by atomic mass is 9.96. The van der Waals surface area contributed by atoms with E-state index in [1.807, 2.05) is 13.8 Å². The number of aromatic nitrogens is 2. The Bertz CT molecular complexity index is 258. The maximum absolute atomic E-state index is 5.09. The van der Waals surface area contributed by atoms with Crippen LogP contribution in [-0.2, 0) is 5.41 Å². The first-order valence-corrected chi connectivity index (χ1v) is 4.25. The first-order chi connectivity index (χ1) is 5.41. The first kappa shape index (κ1) is 9.23. The Morgan fingerprint density at radius 1 is 1.25 bits per heavy atom. The largest absolute Gasteiger partial charge is 0.339 e. The van der Waals surface area contributed by atoms with Gasteiger partial charge in [-0.1, -0.05) is 39.8 Å². The minimum atomic E-state index is -0.0172. The smallest absolute Gasteiger partial charge is 0.229 e. The van der Waals surface area contributed by atoms with Crippen LogP contribution in [-0.4, -0.2) is 10.1 Å². The number of hydrogen-bond acceptors (Lipinski definition) is 3. The van der Waals surface area contributed by atoms with Crippen LogP contribution in [0.3, 0.4) is 0 Å². The van der Waals surface area contributed by atoms with Gasteiger partial charge >= 0.3 is 0 Å². The van der Waals surface area contributed by atoms with Crippen molar-refractivity contribution in [2.45, 2.75) is 46.0 Å². The van der Waals surface area contributed by atoms with E-state index in [1.165, 1.54) is 0 Å². The molecule has 0 aliphatic carbocycles. The number of nitrogens with zero attached hydrogens (tertiary/aromatic N) is 2. The van der Waals surface area contributed by atoms with Crippen LogP contribution in [0.25, 0.3) is 0 Å². The van der Waals surface area contributed by atoms with Crippen molar-refractivity contribution in [1.29, 1.82) is 0 Å². The molecule has 0 spiro atoms. The summed E-state index contributed by atoms with van der Waals surface area (Å²) in [6, 6.07) is 0. The van der Waals surface area contributed by atoms with Gasteiger partial charge in [0.15, 0.2) is 5.82 Å². The van der Waals surface area contributed by atoms with E-state index in [2.05, 4.69) is 30.9 Å². The molecule has 1 aromatic rings. The number of hydrogen-bond donors (Lipinski definition) is 0. The normalized spacial score (nSPS) is 12.5. The van der Waals surface area contributed by atoms with E-state index in [-0.39, 0.29) is 5.41 Å². The molecule has 1 heterocycles. The fraction of sp³-hybridized carbons (Fsp3) is 0.778. The van der Waals surface area contributed by atoms with E-state index in [4.69, 9.17) is 4.52 Å². The monoisotopic (exact) mass is 168 g/mol. The van der Waals surface area contributed by atoms with Crippen LogP contribution in [0.1, 0.15) is 52.3 Å². The molecular formula is C9H16N2O. The van der Waals surface area contributed by atoms with E-state index < -0.39 is 0 Å². The third-order valence-corrected chi connectivity index (χ3v) is 1.61. The Balaban J connectivity index is 2.92. The van der Waals surface area contributed by atoms with Crippen LogP contribution < -0.4 is 0 Å². The average Bonchev–Trinajstić information content (AvgIpc) is 2.30. The Labute approximate surface area is 73.2 Å².